The van der Waals surface area contributed by atoms with Crippen LogP contribution in [0.5, 0.6) is 0 Å². The largest absolute Gasteiger partial charge is 0.498 e. The summed E-state index contributed by atoms with van der Waals surface area (Å²) in [5.74, 6) is -0.135. The number of nitrogens with one attached hydrogen (secondary N) is 2. The van der Waals surface area contributed by atoms with Crippen molar-refractivity contribution in [1.29, 1.82) is 0 Å². The highest BCUT2D eigenvalue weighted by molar-refractivity contribution is 6.16. The number of carbonyl (C=O) groups is 1. The van der Waals surface area contributed by atoms with Crippen LogP contribution in [0.2, 0.25) is 0 Å². The van der Waals surface area contributed by atoms with Gasteiger partial charge in [-0.1, -0.05) is 0 Å². The van der Waals surface area contributed by atoms with Crippen molar-refractivity contribution in [1.82, 2.24) is 15.7 Å². The van der Waals surface area contributed by atoms with Gasteiger partial charge in [0.25, 0.3) is 0 Å². The molecule has 0 radical (unpaired) electrons. The second-order valence-corrected chi connectivity index (χ2v) is 2.49. The Balaban J connectivity index is 3.45. The number of amides is 1. The minimum atomic E-state index is -0.937. The first kappa shape index (κ1) is 12.3. The molecule has 0 aromatic heterocycles. The molecule has 0 fully saturated rings. The standard InChI is InChI=1S/C6H15BFN3O2/c1-9-3-4-11(2)6(12)5-10-13-7-8/h7,9-10H,3-5H2,1-2H3. The predicted molar refractivity (Wildman–Crippen MR) is 48.9 cm³/mol. The van der Waals surface area contributed by atoms with Gasteiger partial charge in [0.05, 0.1) is 6.54 Å². The molecule has 0 rings (SSSR count). The molecular formula is C6H15BFN3O2. The van der Waals surface area contributed by atoms with Gasteiger partial charge in [0, 0.05) is 20.1 Å². The second kappa shape index (κ2) is 7.97. The van der Waals surface area contributed by atoms with Crippen LogP contribution in [0.3, 0.4) is 0 Å². The molecule has 0 aliphatic heterocycles. The zero-order chi connectivity index (χ0) is 10.1. The number of carbonyl (C=O) groups excluding carboxylic acids is 1. The minimum Gasteiger partial charge on any atom is -0.343 e. The molecule has 0 aromatic carbocycles. The fourth-order valence-electron chi connectivity index (χ4n) is 0.691. The first-order chi connectivity index (χ1) is 6.22. The SMILES string of the molecule is CNCCN(C)C(=O)CNOBF. The minimum absolute atomic E-state index is 0.00979. The van der Waals surface area contributed by atoms with Crippen LogP contribution < -0.4 is 10.8 Å². The van der Waals surface area contributed by atoms with E-state index in [-0.39, 0.29) is 12.5 Å². The Kier molecular flexibility index (Phi) is 7.57. The molecule has 0 bridgehead atoms. The lowest BCUT2D eigenvalue weighted by molar-refractivity contribution is -0.130. The van der Waals surface area contributed by atoms with Gasteiger partial charge >= 0.3 is 7.76 Å². The highest BCUT2D eigenvalue weighted by atomic mass is 19.1. The van der Waals surface area contributed by atoms with E-state index in [0.29, 0.717) is 6.54 Å². The topological polar surface area (TPSA) is 53.6 Å². The van der Waals surface area contributed by atoms with E-state index in [1.54, 1.807) is 7.05 Å². The average molecular weight is 191 g/mol. The molecule has 0 saturated carbocycles. The average Bonchev–Trinajstić information content (AvgIpc) is 2.14. The number of nitrogens with zero attached hydrogens (tertiary/aromatic N) is 1. The number of hydrogen-bond acceptors (Lipinski definition) is 4. The lowest BCUT2D eigenvalue weighted by Gasteiger charge is -2.16. The van der Waals surface area contributed by atoms with Crippen LogP contribution in [0.4, 0.5) is 4.32 Å². The van der Waals surface area contributed by atoms with E-state index in [1.807, 2.05) is 7.05 Å². The lowest BCUT2D eigenvalue weighted by Crippen LogP contribution is -2.38. The first-order valence-electron chi connectivity index (χ1n) is 4.01. The summed E-state index contributed by atoms with van der Waals surface area (Å²) in [5.41, 5.74) is 2.21. The quantitative estimate of drug-likeness (QED) is 0.289. The van der Waals surface area contributed by atoms with Gasteiger partial charge in [-0.15, -0.1) is 0 Å². The fraction of sp³-hybridized carbons (Fsp3) is 0.833. The summed E-state index contributed by atoms with van der Waals surface area (Å²) >= 11 is 0. The summed E-state index contributed by atoms with van der Waals surface area (Å²) in [6.07, 6.45) is 0. The monoisotopic (exact) mass is 191 g/mol. The van der Waals surface area contributed by atoms with Gasteiger partial charge in [-0.25, -0.2) is 5.48 Å². The predicted octanol–water partition coefficient (Wildman–Crippen LogP) is -1.58. The number of hydroxylamine groups is 1. The van der Waals surface area contributed by atoms with Crippen molar-refractivity contribution in [2.75, 3.05) is 33.7 Å². The third-order valence-electron chi connectivity index (χ3n) is 1.50. The van der Waals surface area contributed by atoms with Crippen molar-refractivity contribution >= 4 is 13.7 Å². The molecule has 0 unspecified atom stereocenters. The maximum Gasteiger partial charge on any atom is 0.498 e. The molecule has 0 aromatic rings. The molecule has 0 atom stereocenters. The summed E-state index contributed by atoms with van der Waals surface area (Å²) < 4.78 is 15.6. The number of hydrogen-bond donors (Lipinski definition) is 2. The van der Waals surface area contributed by atoms with Crippen LogP contribution in [0, 0.1) is 0 Å². The van der Waals surface area contributed by atoms with Crippen molar-refractivity contribution in [2.24, 2.45) is 0 Å². The van der Waals surface area contributed by atoms with Gasteiger partial charge in [-0.3, -0.25) is 9.11 Å². The van der Waals surface area contributed by atoms with Crippen molar-refractivity contribution in [3.8, 4) is 0 Å². The zero-order valence-electron chi connectivity index (χ0n) is 7.97. The Labute approximate surface area is 77.9 Å². The molecule has 13 heavy (non-hydrogen) atoms. The zero-order valence-corrected chi connectivity index (χ0v) is 7.97. The summed E-state index contributed by atoms with van der Waals surface area (Å²) in [4.78, 5) is 12.7. The van der Waals surface area contributed by atoms with Crippen LogP contribution in [0.15, 0.2) is 0 Å². The van der Waals surface area contributed by atoms with E-state index in [1.165, 1.54) is 4.90 Å². The van der Waals surface area contributed by atoms with Crippen LogP contribution >= 0.6 is 0 Å². The van der Waals surface area contributed by atoms with Gasteiger partial charge in [-0.2, -0.15) is 0 Å². The smallest absolute Gasteiger partial charge is 0.343 e. The Bertz CT molecular complexity index is 150. The van der Waals surface area contributed by atoms with Crippen molar-refractivity contribution in [2.45, 2.75) is 0 Å². The van der Waals surface area contributed by atoms with E-state index in [4.69, 9.17) is 0 Å². The summed E-state index contributed by atoms with van der Waals surface area (Å²) in [6.45, 7) is 1.34. The molecule has 5 nitrogen and oxygen atoms in total. The highest BCUT2D eigenvalue weighted by Crippen LogP contribution is 1.81. The maximum absolute atomic E-state index is 11.4. The van der Waals surface area contributed by atoms with Gasteiger partial charge < -0.3 is 15.0 Å². The molecule has 7 heteroatoms. The van der Waals surface area contributed by atoms with Gasteiger partial charge in [0.1, 0.15) is 0 Å². The number of rotatable bonds is 7. The second-order valence-electron chi connectivity index (χ2n) is 2.49. The molecule has 1 amide bonds. The Morgan fingerprint density at radius 1 is 1.69 bits per heavy atom. The highest BCUT2D eigenvalue weighted by Gasteiger charge is 2.06. The van der Waals surface area contributed by atoms with Crippen LogP contribution in [-0.4, -0.2) is 52.3 Å². The van der Waals surface area contributed by atoms with Crippen molar-refractivity contribution in [3.05, 3.63) is 0 Å². The summed E-state index contributed by atoms with van der Waals surface area (Å²) in [6, 6.07) is 0. The van der Waals surface area contributed by atoms with E-state index in [9.17, 15) is 9.11 Å². The van der Waals surface area contributed by atoms with Crippen molar-refractivity contribution in [3.63, 3.8) is 0 Å². The van der Waals surface area contributed by atoms with Crippen LogP contribution in [0.1, 0.15) is 0 Å². The number of halogens is 1. The van der Waals surface area contributed by atoms with Crippen molar-refractivity contribution < 1.29 is 13.9 Å². The normalized spacial score (nSPS) is 9.77. The summed E-state index contributed by atoms with van der Waals surface area (Å²) in [5, 5.41) is 2.92. The molecule has 0 saturated heterocycles. The molecule has 0 spiro atoms. The van der Waals surface area contributed by atoms with E-state index in [0.717, 1.165) is 6.54 Å². The molecular weight excluding hydrogens is 176 g/mol. The first-order valence-corrected chi connectivity index (χ1v) is 4.01. The molecule has 2 N–H and O–H groups in total. The molecule has 0 aliphatic carbocycles. The lowest BCUT2D eigenvalue weighted by atomic mass is 10.5. The van der Waals surface area contributed by atoms with E-state index in [2.05, 4.69) is 15.6 Å². The fourth-order valence-corrected chi connectivity index (χ4v) is 0.691. The van der Waals surface area contributed by atoms with E-state index >= 15 is 0 Å². The van der Waals surface area contributed by atoms with Crippen LogP contribution in [-0.2, 0) is 9.55 Å². The molecule has 76 valence electrons. The van der Waals surface area contributed by atoms with Crippen LogP contribution in [0.25, 0.3) is 0 Å². The third-order valence-corrected chi connectivity index (χ3v) is 1.50. The Hall–Kier alpha value is -0.655. The maximum atomic E-state index is 11.4. The van der Waals surface area contributed by atoms with Gasteiger partial charge in [-0.05, 0) is 7.05 Å². The van der Waals surface area contributed by atoms with E-state index < -0.39 is 7.76 Å². The Morgan fingerprint density at radius 2 is 2.38 bits per heavy atom. The van der Waals surface area contributed by atoms with Gasteiger partial charge in [0.2, 0.25) is 5.91 Å². The molecule has 0 heterocycles. The molecule has 0 aliphatic rings. The van der Waals surface area contributed by atoms with Gasteiger partial charge in [0.15, 0.2) is 0 Å². The summed E-state index contributed by atoms with van der Waals surface area (Å²) in [7, 11) is 2.55. The third kappa shape index (κ3) is 6.50. The Morgan fingerprint density at radius 3 is 2.92 bits per heavy atom. The number of likely N-dealkylation sites (N-methyl/N-ethyl adjacent to an activating group) is 2.